The quantitative estimate of drug-likeness (QED) is 0.782. The number of hydrogen-bond acceptors (Lipinski definition) is 3. The molecule has 1 rings (SSSR count). The number of rotatable bonds is 8. The lowest BCUT2D eigenvalue weighted by Crippen LogP contribution is -2.03. The number of carbonyl (C=O) groups is 1. The van der Waals surface area contributed by atoms with Crippen molar-refractivity contribution in [3.63, 3.8) is 0 Å². The van der Waals surface area contributed by atoms with Crippen LogP contribution in [-0.4, -0.2) is 18.0 Å². The van der Waals surface area contributed by atoms with Gasteiger partial charge in [-0.05, 0) is 55.4 Å². The molecule has 3 nitrogen and oxygen atoms in total. The van der Waals surface area contributed by atoms with Gasteiger partial charge in [0, 0.05) is 13.5 Å². The van der Waals surface area contributed by atoms with Gasteiger partial charge in [0.1, 0.15) is 11.5 Å². The first kappa shape index (κ1) is 15.7. The van der Waals surface area contributed by atoms with E-state index in [1.165, 1.54) is 0 Å². The number of Topliss-reactive ketones (excluding diaryl/α,β-unsaturated/α-hetero) is 1. The first-order valence-electron chi connectivity index (χ1n) is 6.82. The fraction of sp³-hybridized carbons (Fsp3) is 0.562. The highest BCUT2D eigenvalue weighted by Gasteiger charge is 2.08. The van der Waals surface area contributed by atoms with Crippen LogP contribution < -0.4 is 0 Å². The highest BCUT2D eigenvalue weighted by molar-refractivity contribution is 5.75. The van der Waals surface area contributed by atoms with Crippen LogP contribution in [0.2, 0.25) is 0 Å². The fourth-order valence-corrected chi connectivity index (χ4v) is 2.14. The average Bonchev–Trinajstić information content (AvgIpc) is 2.36. The number of aryl methyl sites for hydroxylation is 1. The molecule has 0 radical (unpaired) electrons. The molecule has 0 heterocycles. The van der Waals surface area contributed by atoms with Gasteiger partial charge in [-0.25, -0.2) is 0 Å². The Morgan fingerprint density at radius 3 is 2.68 bits per heavy atom. The predicted octanol–water partition coefficient (Wildman–Crippen LogP) is 3.48. The molecule has 0 amide bonds. The van der Waals surface area contributed by atoms with E-state index in [1.807, 2.05) is 12.1 Å². The second-order valence-electron chi connectivity index (χ2n) is 5.27. The van der Waals surface area contributed by atoms with E-state index < -0.39 is 0 Å². The van der Waals surface area contributed by atoms with Gasteiger partial charge >= 0.3 is 0 Å². The smallest absolute Gasteiger partial charge is 0.129 e. The average molecular weight is 264 g/mol. The lowest BCUT2D eigenvalue weighted by atomic mass is 9.94. The molecule has 0 aromatic heterocycles. The summed E-state index contributed by atoms with van der Waals surface area (Å²) in [5, 5.41) is 9.56. The first-order valence-corrected chi connectivity index (χ1v) is 6.82. The van der Waals surface area contributed by atoms with Crippen molar-refractivity contribution in [2.24, 2.45) is 5.92 Å². The SMILES string of the molecule is COCc1ccc(O)cc1CCC(C)CCC(C)=O. The molecule has 0 bridgehead atoms. The third-order valence-electron chi connectivity index (χ3n) is 3.39. The largest absolute Gasteiger partial charge is 0.508 e. The van der Waals surface area contributed by atoms with E-state index in [4.69, 9.17) is 4.74 Å². The second-order valence-corrected chi connectivity index (χ2v) is 5.27. The van der Waals surface area contributed by atoms with E-state index in [9.17, 15) is 9.90 Å². The molecule has 0 saturated carbocycles. The third-order valence-corrected chi connectivity index (χ3v) is 3.39. The number of phenols is 1. The van der Waals surface area contributed by atoms with Crippen LogP contribution in [0.4, 0.5) is 0 Å². The highest BCUT2D eigenvalue weighted by atomic mass is 16.5. The minimum absolute atomic E-state index is 0.254. The molecular formula is C16H24O3. The van der Waals surface area contributed by atoms with Crippen molar-refractivity contribution >= 4 is 5.78 Å². The summed E-state index contributed by atoms with van der Waals surface area (Å²) in [5.74, 6) is 1.07. The summed E-state index contributed by atoms with van der Waals surface area (Å²) in [4.78, 5) is 11.0. The standard InChI is InChI=1S/C16H24O3/c1-12(4-6-13(2)17)5-7-14-10-16(18)9-8-15(14)11-19-3/h8-10,12,18H,4-7,11H2,1-3H3. The lowest BCUT2D eigenvalue weighted by molar-refractivity contribution is -0.117. The molecule has 3 heteroatoms. The summed E-state index contributed by atoms with van der Waals surface area (Å²) < 4.78 is 5.17. The molecule has 0 fully saturated rings. The number of carbonyl (C=O) groups excluding carboxylic acids is 1. The Labute approximate surface area is 115 Å². The Bertz CT molecular complexity index is 412. The van der Waals surface area contributed by atoms with Crippen LogP contribution in [0.15, 0.2) is 18.2 Å². The summed E-state index contributed by atoms with van der Waals surface area (Å²) in [5.41, 5.74) is 2.26. The van der Waals surface area contributed by atoms with Crippen LogP contribution in [0.5, 0.6) is 5.75 Å². The minimum Gasteiger partial charge on any atom is -0.508 e. The van der Waals surface area contributed by atoms with E-state index in [1.54, 1.807) is 20.1 Å². The van der Waals surface area contributed by atoms with E-state index >= 15 is 0 Å². The Balaban J connectivity index is 2.55. The van der Waals surface area contributed by atoms with Gasteiger partial charge in [-0.2, -0.15) is 0 Å². The summed E-state index contributed by atoms with van der Waals surface area (Å²) in [6.45, 7) is 4.37. The molecule has 1 aromatic rings. The number of aromatic hydroxyl groups is 1. The molecule has 106 valence electrons. The molecule has 0 aliphatic rings. The summed E-state index contributed by atoms with van der Waals surface area (Å²) in [6.07, 6.45) is 3.53. The van der Waals surface area contributed by atoms with Crippen LogP contribution in [0.3, 0.4) is 0 Å². The summed E-state index contributed by atoms with van der Waals surface area (Å²) in [7, 11) is 1.67. The number of methoxy groups -OCH3 is 1. The van der Waals surface area contributed by atoms with Gasteiger partial charge in [-0.1, -0.05) is 13.0 Å². The van der Waals surface area contributed by atoms with Gasteiger partial charge in [0.2, 0.25) is 0 Å². The number of benzene rings is 1. The second kappa shape index (κ2) is 7.95. The zero-order valence-electron chi connectivity index (χ0n) is 12.1. The van der Waals surface area contributed by atoms with Gasteiger partial charge in [0.05, 0.1) is 6.61 Å². The van der Waals surface area contributed by atoms with E-state index in [0.29, 0.717) is 24.7 Å². The summed E-state index contributed by atoms with van der Waals surface area (Å²) >= 11 is 0. The molecule has 0 aliphatic heterocycles. The maximum Gasteiger partial charge on any atom is 0.129 e. The van der Waals surface area contributed by atoms with Crippen LogP contribution >= 0.6 is 0 Å². The number of ether oxygens (including phenoxy) is 1. The molecular weight excluding hydrogens is 240 g/mol. The number of hydrogen-bond donors (Lipinski definition) is 1. The molecule has 1 unspecified atom stereocenters. The Morgan fingerprint density at radius 1 is 1.32 bits per heavy atom. The molecule has 19 heavy (non-hydrogen) atoms. The van der Waals surface area contributed by atoms with E-state index in [2.05, 4.69) is 6.92 Å². The third kappa shape index (κ3) is 5.88. The zero-order chi connectivity index (χ0) is 14.3. The Morgan fingerprint density at radius 2 is 2.05 bits per heavy atom. The molecule has 0 aliphatic carbocycles. The molecule has 0 saturated heterocycles. The highest BCUT2D eigenvalue weighted by Crippen LogP contribution is 2.22. The maximum absolute atomic E-state index is 11.0. The van der Waals surface area contributed by atoms with Gasteiger partial charge in [-0.3, -0.25) is 0 Å². The van der Waals surface area contributed by atoms with Crippen molar-refractivity contribution in [3.8, 4) is 5.75 Å². The van der Waals surface area contributed by atoms with E-state index in [0.717, 1.165) is 30.4 Å². The molecule has 1 N–H and O–H groups in total. The van der Waals surface area contributed by atoms with Crippen molar-refractivity contribution in [1.29, 1.82) is 0 Å². The van der Waals surface area contributed by atoms with Gasteiger partial charge in [-0.15, -0.1) is 0 Å². The van der Waals surface area contributed by atoms with Crippen molar-refractivity contribution in [1.82, 2.24) is 0 Å². The van der Waals surface area contributed by atoms with Crippen LogP contribution in [0.25, 0.3) is 0 Å². The Hall–Kier alpha value is -1.35. The van der Waals surface area contributed by atoms with Crippen molar-refractivity contribution in [2.75, 3.05) is 7.11 Å². The van der Waals surface area contributed by atoms with Crippen molar-refractivity contribution < 1.29 is 14.6 Å². The van der Waals surface area contributed by atoms with Crippen LogP contribution in [0, 0.1) is 5.92 Å². The van der Waals surface area contributed by atoms with Crippen molar-refractivity contribution in [3.05, 3.63) is 29.3 Å². The molecule has 0 spiro atoms. The normalized spacial score (nSPS) is 12.4. The van der Waals surface area contributed by atoms with Gasteiger partial charge in [0.25, 0.3) is 0 Å². The van der Waals surface area contributed by atoms with Gasteiger partial charge in [0.15, 0.2) is 0 Å². The van der Waals surface area contributed by atoms with E-state index in [-0.39, 0.29) is 5.78 Å². The maximum atomic E-state index is 11.0. The van der Waals surface area contributed by atoms with Crippen LogP contribution in [-0.2, 0) is 22.6 Å². The number of ketones is 1. The number of phenolic OH excluding ortho intramolecular Hbond substituents is 1. The lowest BCUT2D eigenvalue weighted by Gasteiger charge is -2.13. The molecule has 1 atom stereocenters. The van der Waals surface area contributed by atoms with Crippen molar-refractivity contribution in [2.45, 2.75) is 46.1 Å². The summed E-state index contributed by atoms with van der Waals surface area (Å²) in [6, 6.07) is 5.41. The monoisotopic (exact) mass is 264 g/mol. The predicted molar refractivity (Wildman–Crippen MR) is 76.2 cm³/mol. The zero-order valence-corrected chi connectivity index (χ0v) is 12.1. The Kier molecular flexibility index (Phi) is 6.57. The molecule has 1 aromatic carbocycles. The fourth-order valence-electron chi connectivity index (χ4n) is 2.14. The van der Waals surface area contributed by atoms with Crippen LogP contribution in [0.1, 0.15) is 44.2 Å². The minimum atomic E-state index is 0.254. The first-order chi connectivity index (χ1) is 9.02. The topological polar surface area (TPSA) is 46.5 Å². The van der Waals surface area contributed by atoms with Gasteiger partial charge < -0.3 is 14.6 Å².